The van der Waals surface area contributed by atoms with Crippen LogP contribution in [-0.2, 0) is 13.2 Å². The quantitative estimate of drug-likeness (QED) is 0.740. The highest BCUT2D eigenvalue weighted by Crippen LogP contribution is 2.32. The molecule has 1 N–H and O–H groups in total. The summed E-state index contributed by atoms with van der Waals surface area (Å²) in [6, 6.07) is 9.53. The number of carbonyl (C=O) groups is 1. The smallest absolute Gasteiger partial charge is 0.355 e. The van der Waals surface area contributed by atoms with Crippen LogP contribution in [0.1, 0.15) is 15.9 Å². The van der Waals surface area contributed by atoms with Gasteiger partial charge in [-0.1, -0.05) is 0 Å². The van der Waals surface area contributed by atoms with E-state index in [4.69, 9.17) is 0 Å². The Labute approximate surface area is 158 Å². The number of hydrogen-bond acceptors (Lipinski definition) is 5. The number of amides is 1. The number of tetrazole rings is 1. The van der Waals surface area contributed by atoms with E-state index in [1.54, 1.807) is 39.3 Å². The van der Waals surface area contributed by atoms with E-state index in [1.165, 1.54) is 21.8 Å². The molecule has 0 saturated heterocycles. The van der Waals surface area contributed by atoms with Crippen molar-refractivity contribution < 1.29 is 18.0 Å². The number of hydrogen-bond donors (Lipinski definition) is 1. The third kappa shape index (κ3) is 4.11. The summed E-state index contributed by atoms with van der Waals surface area (Å²) in [5.41, 5.74) is 1.17. The summed E-state index contributed by atoms with van der Waals surface area (Å²) >= 11 is 0. The highest BCUT2D eigenvalue weighted by atomic mass is 19.4. The molecule has 0 aliphatic carbocycles. The predicted molar refractivity (Wildman–Crippen MR) is 97.0 cm³/mol. The first-order chi connectivity index (χ1) is 13.1. The van der Waals surface area contributed by atoms with Gasteiger partial charge in [-0.25, -0.2) is 0 Å². The van der Waals surface area contributed by atoms with Crippen molar-refractivity contribution in [3.8, 4) is 11.4 Å². The van der Waals surface area contributed by atoms with Crippen LogP contribution in [-0.4, -0.2) is 45.1 Å². The Bertz CT molecular complexity index is 995. The summed E-state index contributed by atoms with van der Waals surface area (Å²) in [4.78, 5) is 15.0. The van der Waals surface area contributed by atoms with E-state index in [-0.39, 0.29) is 11.7 Å². The van der Waals surface area contributed by atoms with E-state index >= 15 is 0 Å². The molecule has 0 fully saturated rings. The van der Waals surface area contributed by atoms with Gasteiger partial charge < -0.3 is 10.2 Å². The summed E-state index contributed by atoms with van der Waals surface area (Å²) in [5.74, 6) is 0.0801. The summed E-state index contributed by atoms with van der Waals surface area (Å²) in [5, 5.41) is 15.0. The lowest BCUT2D eigenvalue weighted by Gasteiger charge is -2.15. The predicted octanol–water partition coefficient (Wildman–Crippen LogP) is 3.34. The Morgan fingerprint density at radius 2 is 1.79 bits per heavy atom. The van der Waals surface area contributed by atoms with Crippen molar-refractivity contribution >= 4 is 17.3 Å². The van der Waals surface area contributed by atoms with Crippen molar-refractivity contribution in [3.05, 3.63) is 53.6 Å². The topological polar surface area (TPSA) is 75.9 Å². The molecule has 0 spiro atoms. The summed E-state index contributed by atoms with van der Waals surface area (Å²) in [6.45, 7) is 0. The fourth-order valence-electron chi connectivity index (χ4n) is 2.52. The van der Waals surface area contributed by atoms with Crippen LogP contribution >= 0.6 is 0 Å². The maximum Gasteiger partial charge on any atom is 0.416 e. The minimum absolute atomic E-state index is 0.203. The lowest BCUT2D eigenvalue weighted by Crippen LogP contribution is -2.21. The normalized spacial score (nSPS) is 11.4. The molecule has 3 aromatic rings. The van der Waals surface area contributed by atoms with Crippen LogP contribution in [0.3, 0.4) is 0 Å². The van der Waals surface area contributed by atoms with Gasteiger partial charge in [-0.05, 0) is 47.7 Å². The fourth-order valence-corrected chi connectivity index (χ4v) is 2.52. The summed E-state index contributed by atoms with van der Waals surface area (Å²) in [7, 11) is 4.88. The van der Waals surface area contributed by atoms with Gasteiger partial charge in [-0.3, -0.25) is 4.79 Å². The van der Waals surface area contributed by atoms with Crippen LogP contribution in [0, 0.1) is 0 Å². The largest absolute Gasteiger partial charge is 0.416 e. The van der Waals surface area contributed by atoms with Crippen molar-refractivity contribution in [3.63, 3.8) is 0 Å². The Morgan fingerprint density at radius 1 is 1.11 bits per heavy atom. The second kappa shape index (κ2) is 7.29. The molecule has 0 atom stereocenters. The number of anilines is 2. The van der Waals surface area contributed by atoms with Gasteiger partial charge >= 0.3 is 6.18 Å². The Balaban J connectivity index is 1.99. The Hall–Kier alpha value is -3.43. The van der Waals surface area contributed by atoms with Crippen LogP contribution in [0.5, 0.6) is 0 Å². The molecule has 10 heteroatoms. The Morgan fingerprint density at radius 3 is 2.32 bits per heavy atom. The highest BCUT2D eigenvalue weighted by molar-refractivity contribution is 5.96. The van der Waals surface area contributed by atoms with Gasteiger partial charge in [0.1, 0.15) is 0 Å². The SMILES string of the molecule is CN(C)C(=O)c1ccc(Nc2ccc(C(F)(F)F)cc2)c(-c2nnn(C)n2)c1. The molecule has 0 bridgehead atoms. The second-order valence-corrected chi connectivity index (χ2v) is 6.26. The second-order valence-electron chi connectivity index (χ2n) is 6.26. The summed E-state index contributed by atoms with van der Waals surface area (Å²) in [6.07, 6.45) is -4.40. The number of benzene rings is 2. The molecule has 0 aliphatic heterocycles. The van der Waals surface area contributed by atoms with Crippen molar-refractivity contribution in [2.24, 2.45) is 7.05 Å². The number of nitrogens with one attached hydrogen (secondary N) is 1. The first kappa shape index (κ1) is 19.3. The maximum absolute atomic E-state index is 12.7. The lowest BCUT2D eigenvalue weighted by molar-refractivity contribution is -0.137. The van der Waals surface area contributed by atoms with Crippen molar-refractivity contribution in [1.82, 2.24) is 25.1 Å². The molecule has 146 valence electrons. The zero-order valence-corrected chi connectivity index (χ0v) is 15.3. The monoisotopic (exact) mass is 390 g/mol. The van der Waals surface area contributed by atoms with Gasteiger partial charge in [-0.2, -0.15) is 18.0 Å². The number of rotatable bonds is 4. The van der Waals surface area contributed by atoms with E-state index in [0.717, 1.165) is 12.1 Å². The number of aryl methyl sites for hydroxylation is 1. The molecule has 28 heavy (non-hydrogen) atoms. The van der Waals surface area contributed by atoms with Gasteiger partial charge in [0.15, 0.2) is 0 Å². The first-order valence-corrected chi connectivity index (χ1v) is 8.19. The minimum Gasteiger partial charge on any atom is -0.355 e. The molecule has 0 unspecified atom stereocenters. The van der Waals surface area contributed by atoms with Gasteiger partial charge in [0.2, 0.25) is 5.82 Å². The van der Waals surface area contributed by atoms with Gasteiger partial charge in [-0.15, -0.1) is 10.2 Å². The molecule has 0 saturated carbocycles. The first-order valence-electron chi connectivity index (χ1n) is 8.19. The minimum atomic E-state index is -4.40. The molecule has 1 heterocycles. The number of nitrogens with zero attached hydrogens (tertiary/aromatic N) is 5. The zero-order valence-electron chi connectivity index (χ0n) is 15.3. The van der Waals surface area contributed by atoms with Crippen LogP contribution in [0.25, 0.3) is 11.4 Å². The van der Waals surface area contributed by atoms with Crippen LogP contribution < -0.4 is 5.32 Å². The molecular formula is C18H17F3N6O. The van der Waals surface area contributed by atoms with E-state index in [1.807, 2.05) is 0 Å². The zero-order chi connectivity index (χ0) is 20.5. The van der Waals surface area contributed by atoms with Crippen LogP contribution in [0.15, 0.2) is 42.5 Å². The van der Waals surface area contributed by atoms with Crippen molar-refractivity contribution in [2.75, 3.05) is 19.4 Å². The maximum atomic E-state index is 12.7. The number of carbonyl (C=O) groups excluding carboxylic acids is 1. The molecular weight excluding hydrogens is 373 g/mol. The molecule has 1 amide bonds. The molecule has 3 rings (SSSR count). The van der Waals surface area contributed by atoms with Crippen LogP contribution in [0.4, 0.5) is 24.5 Å². The molecule has 1 aromatic heterocycles. The molecule has 0 aliphatic rings. The molecule has 2 aromatic carbocycles. The van der Waals surface area contributed by atoms with Crippen LogP contribution in [0.2, 0.25) is 0 Å². The lowest BCUT2D eigenvalue weighted by atomic mass is 10.1. The van der Waals surface area contributed by atoms with Crippen molar-refractivity contribution in [1.29, 1.82) is 0 Å². The number of halogens is 3. The van der Waals surface area contributed by atoms with Gasteiger partial charge in [0, 0.05) is 36.6 Å². The molecule has 7 nitrogen and oxygen atoms in total. The van der Waals surface area contributed by atoms with Gasteiger partial charge in [0.25, 0.3) is 5.91 Å². The standard InChI is InChI=1S/C18H17F3N6O/c1-26(2)17(28)11-4-9-15(14(10-11)16-23-25-27(3)24-16)22-13-7-5-12(6-8-13)18(19,20)21/h4-10,22H,1-3H3. The fraction of sp³-hybridized carbons (Fsp3) is 0.222. The van der Waals surface area contributed by atoms with Gasteiger partial charge in [0.05, 0.1) is 12.6 Å². The number of aromatic nitrogens is 4. The van der Waals surface area contributed by atoms with E-state index in [9.17, 15) is 18.0 Å². The third-order valence-corrected chi connectivity index (χ3v) is 3.91. The average Bonchev–Trinajstić information content (AvgIpc) is 3.07. The third-order valence-electron chi connectivity index (χ3n) is 3.91. The van der Waals surface area contributed by atoms with Crippen molar-refractivity contribution in [2.45, 2.75) is 6.18 Å². The average molecular weight is 390 g/mol. The molecule has 0 radical (unpaired) electrons. The Kier molecular flexibility index (Phi) is 5.04. The van der Waals surface area contributed by atoms with E-state index in [2.05, 4.69) is 20.7 Å². The van der Waals surface area contributed by atoms with E-state index < -0.39 is 11.7 Å². The van der Waals surface area contributed by atoms with E-state index in [0.29, 0.717) is 22.5 Å². The highest BCUT2D eigenvalue weighted by Gasteiger charge is 2.30. The number of alkyl halides is 3. The summed E-state index contributed by atoms with van der Waals surface area (Å²) < 4.78 is 38.2.